The third-order valence-electron chi connectivity index (χ3n) is 2.51. The zero-order valence-electron chi connectivity index (χ0n) is 10.4. The Morgan fingerprint density at radius 2 is 2.00 bits per heavy atom. The highest BCUT2D eigenvalue weighted by Crippen LogP contribution is 2.13. The van der Waals surface area contributed by atoms with Crippen molar-refractivity contribution < 1.29 is 9.53 Å². The number of carbonyl (C=O) groups is 1. The van der Waals surface area contributed by atoms with Gasteiger partial charge in [0.25, 0.3) is 0 Å². The van der Waals surface area contributed by atoms with E-state index in [4.69, 9.17) is 4.74 Å². The fraction of sp³-hybridized carbons (Fsp3) is 0.143. The highest BCUT2D eigenvalue weighted by Gasteiger charge is 2.05. The standard InChI is InChI=1S/C14H13BrN2O2/c1-19-11-7-5-10(6-8-11)9-14(18)17-13-4-2-3-12(15)16-13/h2-8H,9H2,1H3,(H,16,17,18). The largest absolute Gasteiger partial charge is 0.497 e. The van der Waals surface area contributed by atoms with Gasteiger partial charge in [0.05, 0.1) is 13.5 Å². The third-order valence-corrected chi connectivity index (χ3v) is 2.95. The first-order chi connectivity index (χ1) is 9.17. The molecule has 1 aromatic carbocycles. The van der Waals surface area contributed by atoms with Gasteiger partial charge in [0, 0.05) is 0 Å². The smallest absolute Gasteiger partial charge is 0.229 e. The molecule has 1 amide bonds. The number of rotatable bonds is 4. The van der Waals surface area contributed by atoms with Gasteiger partial charge in [-0.2, -0.15) is 0 Å². The van der Waals surface area contributed by atoms with Gasteiger partial charge in [0.2, 0.25) is 5.91 Å². The number of hydrogen-bond acceptors (Lipinski definition) is 3. The Morgan fingerprint density at radius 1 is 1.26 bits per heavy atom. The number of aromatic nitrogens is 1. The van der Waals surface area contributed by atoms with Crippen LogP contribution in [0.25, 0.3) is 0 Å². The monoisotopic (exact) mass is 320 g/mol. The zero-order chi connectivity index (χ0) is 13.7. The van der Waals surface area contributed by atoms with Crippen molar-refractivity contribution in [2.45, 2.75) is 6.42 Å². The van der Waals surface area contributed by atoms with Gasteiger partial charge in [-0.25, -0.2) is 4.98 Å². The fourth-order valence-electron chi connectivity index (χ4n) is 1.59. The summed E-state index contributed by atoms with van der Waals surface area (Å²) in [6, 6.07) is 12.8. The molecule has 5 heteroatoms. The summed E-state index contributed by atoms with van der Waals surface area (Å²) in [7, 11) is 1.61. The van der Waals surface area contributed by atoms with Crippen LogP contribution in [0.4, 0.5) is 5.82 Å². The third kappa shape index (κ3) is 4.06. The number of pyridine rings is 1. The lowest BCUT2D eigenvalue weighted by Crippen LogP contribution is -2.15. The molecule has 0 saturated carbocycles. The number of ether oxygens (including phenoxy) is 1. The number of methoxy groups -OCH3 is 1. The number of amides is 1. The summed E-state index contributed by atoms with van der Waals surface area (Å²) in [6.07, 6.45) is 0.304. The maximum atomic E-state index is 11.8. The Kier molecular flexibility index (Phi) is 4.52. The van der Waals surface area contributed by atoms with E-state index in [2.05, 4.69) is 26.2 Å². The Hall–Kier alpha value is -1.88. The van der Waals surface area contributed by atoms with Crippen molar-refractivity contribution in [3.63, 3.8) is 0 Å². The van der Waals surface area contributed by atoms with Crippen LogP contribution in [0.2, 0.25) is 0 Å². The predicted molar refractivity (Wildman–Crippen MR) is 77.3 cm³/mol. The lowest BCUT2D eigenvalue weighted by atomic mass is 10.1. The van der Waals surface area contributed by atoms with Crippen LogP contribution in [0.1, 0.15) is 5.56 Å². The minimum Gasteiger partial charge on any atom is -0.497 e. The Bertz CT molecular complexity index is 570. The Morgan fingerprint density at radius 3 is 2.63 bits per heavy atom. The molecule has 1 N–H and O–H groups in total. The van der Waals surface area contributed by atoms with Crippen LogP contribution in [0.15, 0.2) is 47.1 Å². The first-order valence-corrected chi connectivity index (χ1v) is 6.52. The molecule has 2 rings (SSSR count). The van der Waals surface area contributed by atoms with Crippen molar-refractivity contribution in [3.05, 3.63) is 52.6 Å². The SMILES string of the molecule is COc1ccc(CC(=O)Nc2cccc(Br)n2)cc1. The topological polar surface area (TPSA) is 51.2 Å². The quantitative estimate of drug-likeness (QED) is 0.881. The molecule has 2 aromatic rings. The van der Waals surface area contributed by atoms with Crippen molar-refractivity contribution >= 4 is 27.7 Å². The van der Waals surface area contributed by atoms with Gasteiger partial charge in [0.15, 0.2) is 0 Å². The molecule has 1 aromatic heterocycles. The lowest BCUT2D eigenvalue weighted by Gasteiger charge is -2.05. The van der Waals surface area contributed by atoms with Gasteiger partial charge in [-0.1, -0.05) is 18.2 Å². The second-order valence-electron chi connectivity index (χ2n) is 3.92. The highest BCUT2D eigenvalue weighted by molar-refractivity contribution is 9.10. The van der Waals surface area contributed by atoms with Crippen molar-refractivity contribution in [2.24, 2.45) is 0 Å². The first kappa shape index (κ1) is 13.5. The molecule has 4 nitrogen and oxygen atoms in total. The molecule has 0 unspecified atom stereocenters. The molecule has 0 aliphatic carbocycles. The summed E-state index contributed by atoms with van der Waals surface area (Å²) in [5, 5.41) is 2.75. The Balaban J connectivity index is 1.97. The van der Waals surface area contributed by atoms with Crippen molar-refractivity contribution in [1.29, 1.82) is 0 Å². The van der Waals surface area contributed by atoms with E-state index in [-0.39, 0.29) is 5.91 Å². The summed E-state index contributed by atoms with van der Waals surface area (Å²) < 4.78 is 5.76. The van der Waals surface area contributed by atoms with Crippen molar-refractivity contribution in [2.75, 3.05) is 12.4 Å². The minimum absolute atomic E-state index is 0.101. The number of nitrogens with zero attached hydrogens (tertiary/aromatic N) is 1. The first-order valence-electron chi connectivity index (χ1n) is 5.73. The molecule has 19 heavy (non-hydrogen) atoms. The number of hydrogen-bond donors (Lipinski definition) is 1. The van der Waals surface area contributed by atoms with Gasteiger partial charge in [-0.05, 0) is 45.8 Å². The molecule has 0 atom stereocenters. The summed E-state index contributed by atoms with van der Waals surface area (Å²) in [4.78, 5) is 16.0. The van der Waals surface area contributed by atoms with Gasteiger partial charge in [0.1, 0.15) is 16.2 Å². The van der Waals surface area contributed by atoms with Crippen LogP contribution in [0, 0.1) is 0 Å². The second-order valence-corrected chi connectivity index (χ2v) is 4.73. The van der Waals surface area contributed by atoms with E-state index in [1.54, 1.807) is 19.2 Å². The molecule has 0 radical (unpaired) electrons. The maximum Gasteiger partial charge on any atom is 0.229 e. The summed E-state index contributed by atoms with van der Waals surface area (Å²) >= 11 is 3.26. The van der Waals surface area contributed by atoms with Crippen molar-refractivity contribution in [1.82, 2.24) is 4.98 Å². The molecule has 1 heterocycles. The minimum atomic E-state index is -0.101. The Labute approximate surface area is 119 Å². The number of carbonyl (C=O) groups excluding carboxylic acids is 1. The van der Waals surface area contributed by atoms with Gasteiger partial charge < -0.3 is 10.1 Å². The molecular formula is C14H13BrN2O2. The molecule has 0 bridgehead atoms. The molecule has 0 fully saturated rings. The molecule has 0 aliphatic rings. The normalized spacial score (nSPS) is 10.0. The molecule has 0 spiro atoms. The number of nitrogens with one attached hydrogen (secondary N) is 1. The zero-order valence-corrected chi connectivity index (χ0v) is 12.0. The molecular weight excluding hydrogens is 308 g/mol. The number of halogens is 1. The lowest BCUT2D eigenvalue weighted by molar-refractivity contribution is -0.115. The molecule has 0 aliphatic heterocycles. The van der Waals surface area contributed by atoms with Crippen LogP contribution in [0.3, 0.4) is 0 Å². The number of anilines is 1. The second kappa shape index (κ2) is 6.33. The summed E-state index contributed by atoms with van der Waals surface area (Å²) in [5.74, 6) is 1.21. The highest BCUT2D eigenvalue weighted by atomic mass is 79.9. The van der Waals surface area contributed by atoms with E-state index in [9.17, 15) is 4.79 Å². The van der Waals surface area contributed by atoms with E-state index < -0.39 is 0 Å². The maximum absolute atomic E-state index is 11.8. The van der Waals surface area contributed by atoms with Gasteiger partial charge in [-0.15, -0.1) is 0 Å². The summed E-state index contributed by atoms with van der Waals surface area (Å²) in [5.41, 5.74) is 0.924. The van der Waals surface area contributed by atoms with Crippen LogP contribution >= 0.6 is 15.9 Å². The summed E-state index contributed by atoms with van der Waals surface area (Å²) in [6.45, 7) is 0. The average Bonchev–Trinajstić information content (AvgIpc) is 2.39. The van der Waals surface area contributed by atoms with E-state index in [1.165, 1.54) is 0 Å². The predicted octanol–water partition coefficient (Wildman–Crippen LogP) is 3.03. The van der Waals surface area contributed by atoms with E-state index in [0.717, 1.165) is 11.3 Å². The van der Waals surface area contributed by atoms with Crippen LogP contribution in [-0.2, 0) is 11.2 Å². The fourth-order valence-corrected chi connectivity index (χ4v) is 1.94. The van der Waals surface area contributed by atoms with Crippen LogP contribution in [0.5, 0.6) is 5.75 Å². The van der Waals surface area contributed by atoms with E-state index in [0.29, 0.717) is 16.8 Å². The number of benzene rings is 1. The van der Waals surface area contributed by atoms with Gasteiger partial charge in [-0.3, -0.25) is 4.79 Å². The molecule has 0 saturated heterocycles. The van der Waals surface area contributed by atoms with Crippen LogP contribution < -0.4 is 10.1 Å². The van der Waals surface area contributed by atoms with E-state index in [1.807, 2.05) is 30.3 Å². The van der Waals surface area contributed by atoms with Gasteiger partial charge >= 0.3 is 0 Å². The van der Waals surface area contributed by atoms with Crippen molar-refractivity contribution in [3.8, 4) is 5.75 Å². The average molecular weight is 321 g/mol. The van der Waals surface area contributed by atoms with E-state index >= 15 is 0 Å². The molecule has 98 valence electrons. The van der Waals surface area contributed by atoms with Crippen LogP contribution in [-0.4, -0.2) is 18.0 Å².